The third kappa shape index (κ3) is 1.83. The van der Waals surface area contributed by atoms with Crippen molar-refractivity contribution >= 4 is 22.6 Å². The van der Waals surface area contributed by atoms with Crippen LogP contribution in [0.5, 0.6) is 0 Å². The van der Waals surface area contributed by atoms with E-state index in [9.17, 15) is 13.2 Å². The van der Waals surface area contributed by atoms with E-state index >= 15 is 0 Å². The second-order valence-electron chi connectivity index (χ2n) is 5.27. The predicted octanol–water partition coefficient (Wildman–Crippen LogP) is 4.18. The first-order valence-corrected chi connectivity index (χ1v) is 7.04. The highest BCUT2D eigenvalue weighted by Gasteiger charge is 2.65. The van der Waals surface area contributed by atoms with Crippen LogP contribution in [0.3, 0.4) is 0 Å². The average molecular weight is 303 g/mol. The Morgan fingerprint density at radius 2 is 2.05 bits per heavy atom. The topological polar surface area (TPSA) is 17.8 Å². The number of halogens is 4. The number of rotatable bonds is 3. The summed E-state index contributed by atoms with van der Waals surface area (Å²) in [4.78, 5) is 4.36. The molecule has 0 bridgehead atoms. The molecular weight excluding hydrogens is 289 g/mol. The highest BCUT2D eigenvalue weighted by molar-refractivity contribution is 6.17. The van der Waals surface area contributed by atoms with E-state index in [1.807, 2.05) is 19.1 Å². The van der Waals surface area contributed by atoms with Gasteiger partial charge in [-0.25, -0.2) is 4.98 Å². The third-order valence-corrected chi connectivity index (χ3v) is 4.13. The average Bonchev–Trinajstić information content (AvgIpc) is 3.08. The van der Waals surface area contributed by atoms with Crippen LogP contribution in [0.15, 0.2) is 18.2 Å². The Morgan fingerprint density at radius 3 is 2.60 bits per heavy atom. The van der Waals surface area contributed by atoms with Crippen LogP contribution >= 0.6 is 11.6 Å². The van der Waals surface area contributed by atoms with Crippen LogP contribution in [0.4, 0.5) is 13.2 Å². The molecule has 1 aromatic carbocycles. The fraction of sp³-hybridized carbons (Fsp3) is 0.500. The maximum atomic E-state index is 13.5. The Balaban J connectivity index is 2.30. The Hall–Kier alpha value is -1.23. The quantitative estimate of drug-likeness (QED) is 0.778. The monoisotopic (exact) mass is 302 g/mol. The molecule has 1 saturated carbocycles. The largest absolute Gasteiger partial charge is 0.412 e. The number of nitrogens with zero attached hydrogens (tertiary/aromatic N) is 2. The van der Waals surface area contributed by atoms with Crippen LogP contribution < -0.4 is 0 Å². The van der Waals surface area contributed by atoms with Crippen molar-refractivity contribution in [1.82, 2.24) is 9.55 Å². The van der Waals surface area contributed by atoms with Gasteiger partial charge < -0.3 is 4.57 Å². The highest BCUT2D eigenvalue weighted by Crippen LogP contribution is 2.57. The Bertz CT molecular complexity index is 656. The van der Waals surface area contributed by atoms with Gasteiger partial charge in [0.1, 0.15) is 11.4 Å². The molecule has 3 rings (SSSR count). The molecule has 0 unspecified atom stereocenters. The van der Waals surface area contributed by atoms with Crippen LogP contribution in [0.25, 0.3) is 11.0 Å². The molecule has 1 heterocycles. The fourth-order valence-electron chi connectivity index (χ4n) is 2.81. The van der Waals surface area contributed by atoms with Gasteiger partial charge in [0.25, 0.3) is 0 Å². The van der Waals surface area contributed by atoms with Crippen molar-refractivity contribution in [1.29, 1.82) is 0 Å². The normalized spacial score (nSPS) is 17.6. The Morgan fingerprint density at radius 1 is 1.35 bits per heavy atom. The summed E-state index contributed by atoms with van der Waals surface area (Å²) in [5, 5.41) is 0. The zero-order valence-electron chi connectivity index (χ0n) is 11.0. The molecule has 1 aliphatic carbocycles. The van der Waals surface area contributed by atoms with Gasteiger partial charge in [-0.1, -0.05) is 12.1 Å². The zero-order valence-corrected chi connectivity index (χ0v) is 11.7. The minimum atomic E-state index is -4.26. The van der Waals surface area contributed by atoms with Gasteiger partial charge >= 0.3 is 6.18 Å². The van der Waals surface area contributed by atoms with Crippen molar-refractivity contribution in [3.05, 3.63) is 29.6 Å². The van der Waals surface area contributed by atoms with Crippen molar-refractivity contribution in [2.45, 2.75) is 37.9 Å². The van der Waals surface area contributed by atoms with E-state index in [2.05, 4.69) is 4.98 Å². The first kappa shape index (κ1) is 13.7. The smallest absolute Gasteiger partial charge is 0.312 e. The molecule has 0 saturated heterocycles. The molecule has 0 N–H and O–H groups in total. The number of para-hydroxylation sites is 1. The van der Waals surface area contributed by atoms with E-state index in [1.54, 1.807) is 6.07 Å². The Kier molecular flexibility index (Phi) is 3.01. The fourth-order valence-corrected chi connectivity index (χ4v) is 2.98. The van der Waals surface area contributed by atoms with E-state index in [0.29, 0.717) is 23.3 Å². The van der Waals surface area contributed by atoms with Crippen molar-refractivity contribution < 1.29 is 13.2 Å². The second-order valence-corrected chi connectivity index (χ2v) is 5.65. The van der Waals surface area contributed by atoms with Gasteiger partial charge in [-0.2, -0.15) is 13.2 Å². The molecule has 0 amide bonds. The lowest BCUT2D eigenvalue weighted by atomic mass is 10.1. The number of aryl methyl sites for hydroxylation is 2. The molecule has 20 heavy (non-hydrogen) atoms. The van der Waals surface area contributed by atoms with Crippen molar-refractivity contribution in [3.8, 4) is 0 Å². The molecule has 2 aromatic rings. The number of aromatic nitrogens is 2. The van der Waals surface area contributed by atoms with Crippen LogP contribution in [0.2, 0.25) is 0 Å². The summed E-state index contributed by atoms with van der Waals surface area (Å²) in [6.45, 7) is 1.82. The van der Waals surface area contributed by atoms with Gasteiger partial charge in [-0.05, 0) is 31.4 Å². The maximum Gasteiger partial charge on any atom is 0.412 e. The summed E-state index contributed by atoms with van der Waals surface area (Å²) in [6, 6.07) is 5.38. The number of imidazole rings is 1. The van der Waals surface area contributed by atoms with Gasteiger partial charge in [0.15, 0.2) is 0 Å². The van der Waals surface area contributed by atoms with Crippen LogP contribution in [0.1, 0.15) is 24.2 Å². The molecule has 0 aliphatic heterocycles. The minimum Gasteiger partial charge on any atom is -0.312 e. The molecule has 0 spiro atoms. The lowest BCUT2D eigenvalue weighted by molar-refractivity contribution is -0.179. The number of fused-ring (bicyclic) bond motifs is 1. The van der Waals surface area contributed by atoms with Crippen LogP contribution in [-0.2, 0) is 12.0 Å². The van der Waals surface area contributed by atoms with Gasteiger partial charge in [-0.15, -0.1) is 11.6 Å². The molecule has 0 radical (unpaired) electrons. The van der Waals surface area contributed by atoms with E-state index in [-0.39, 0.29) is 18.7 Å². The van der Waals surface area contributed by atoms with E-state index in [4.69, 9.17) is 11.6 Å². The molecule has 1 aliphatic rings. The first-order chi connectivity index (χ1) is 9.40. The van der Waals surface area contributed by atoms with E-state index in [0.717, 1.165) is 5.56 Å². The summed E-state index contributed by atoms with van der Waals surface area (Å²) < 4.78 is 41.8. The molecule has 2 nitrogen and oxygen atoms in total. The van der Waals surface area contributed by atoms with Crippen molar-refractivity contribution in [3.63, 3.8) is 0 Å². The molecular formula is C14H14ClF3N2. The molecule has 1 aromatic heterocycles. The van der Waals surface area contributed by atoms with Crippen LogP contribution in [0, 0.1) is 6.92 Å². The lowest BCUT2D eigenvalue weighted by Crippen LogP contribution is -2.36. The van der Waals surface area contributed by atoms with Gasteiger partial charge in [-0.3, -0.25) is 0 Å². The number of hydrogen-bond donors (Lipinski definition) is 0. The lowest BCUT2D eigenvalue weighted by Gasteiger charge is -2.24. The summed E-state index contributed by atoms with van der Waals surface area (Å²) in [7, 11) is 0. The number of benzene rings is 1. The Labute approximate surface area is 119 Å². The second kappa shape index (κ2) is 4.38. The minimum absolute atomic E-state index is 0.117. The van der Waals surface area contributed by atoms with E-state index in [1.165, 1.54) is 4.57 Å². The molecule has 6 heteroatoms. The first-order valence-electron chi connectivity index (χ1n) is 6.51. The van der Waals surface area contributed by atoms with Crippen LogP contribution in [-0.4, -0.2) is 21.6 Å². The number of hydrogen-bond acceptors (Lipinski definition) is 1. The molecule has 108 valence electrons. The van der Waals surface area contributed by atoms with Crippen molar-refractivity contribution in [2.24, 2.45) is 0 Å². The van der Waals surface area contributed by atoms with E-state index < -0.39 is 11.7 Å². The SMILES string of the molecule is Cc1cccc2nc(CCCl)n(C3(C(F)(F)F)CC3)c12. The zero-order chi connectivity index (χ0) is 14.5. The number of alkyl halides is 4. The maximum absolute atomic E-state index is 13.5. The van der Waals surface area contributed by atoms with Crippen molar-refractivity contribution in [2.75, 3.05) is 5.88 Å². The van der Waals surface area contributed by atoms with Gasteiger partial charge in [0.05, 0.1) is 11.0 Å². The highest BCUT2D eigenvalue weighted by atomic mass is 35.5. The summed E-state index contributed by atoms with van der Waals surface area (Å²) in [5.74, 6) is 0.690. The summed E-state index contributed by atoms with van der Waals surface area (Å²) in [5.41, 5.74) is 0.226. The molecule has 1 fully saturated rings. The summed E-state index contributed by atoms with van der Waals surface area (Å²) in [6.07, 6.45) is -3.69. The van der Waals surface area contributed by atoms with Gasteiger partial charge in [0.2, 0.25) is 0 Å². The third-order valence-electron chi connectivity index (χ3n) is 3.95. The summed E-state index contributed by atoms with van der Waals surface area (Å²) >= 11 is 5.73. The predicted molar refractivity (Wildman–Crippen MR) is 72.2 cm³/mol. The standard InChI is InChI=1S/C14H14ClF3N2/c1-9-3-2-4-10-12(9)20(11(19-10)5-8-15)13(6-7-13)14(16,17)18/h2-4H,5-8H2,1H3. The van der Waals surface area contributed by atoms with Gasteiger partial charge in [0, 0.05) is 12.3 Å². The molecule has 0 atom stereocenters.